The summed E-state index contributed by atoms with van der Waals surface area (Å²) >= 11 is 0. The Morgan fingerprint density at radius 3 is 2.59 bits per heavy atom. The Kier molecular flexibility index (Phi) is 12.5. The van der Waals surface area contributed by atoms with Gasteiger partial charge in [-0.15, -0.1) is 0 Å². The van der Waals surface area contributed by atoms with Gasteiger partial charge in [0, 0.05) is 24.3 Å². The van der Waals surface area contributed by atoms with E-state index in [1.165, 1.54) is 6.08 Å². The lowest BCUT2D eigenvalue weighted by Gasteiger charge is -2.20. The van der Waals surface area contributed by atoms with Gasteiger partial charge in [0.1, 0.15) is 31.0 Å². The van der Waals surface area contributed by atoms with E-state index >= 15 is 0 Å². The zero-order chi connectivity index (χ0) is 29.7. The zero-order valence-corrected chi connectivity index (χ0v) is 23.2. The summed E-state index contributed by atoms with van der Waals surface area (Å²) in [4.78, 5) is 22.9. The Hall–Kier alpha value is -3.56. The van der Waals surface area contributed by atoms with Crippen molar-refractivity contribution in [3.8, 4) is 11.5 Å². The third-order valence-electron chi connectivity index (χ3n) is 6.93. The number of ether oxygens (including phenoxy) is 3. The lowest BCUT2D eigenvalue weighted by atomic mass is 9.89. The van der Waals surface area contributed by atoms with E-state index in [1.54, 1.807) is 48.5 Å². The first-order valence-electron chi connectivity index (χ1n) is 13.8. The molecule has 0 aliphatic heterocycles. The van der Waals surface area contributed by atoms with E-state index in [4.69, 9.17) is 14.2 Å². The van der Waals surface area contributed by atoms with Crippen LogP contribution in [0.2, 0.25) is 0 Å². The first-order valence-corrected chi connectivity index (χ1v) is 13.8. The van der Waals surface area contributed by atoms with Gasteiger partial charge in [-0.1, -0.05) is 48.6 Å². The fourth-order valence-corrected chi connectivity index (χ4v) is 4.66. The van der Waals surface area contributed by atoms with Crippen LogP contribution in [-0.4, -0.2) is 60.4 Å². The van der Waals surface area contributed by atoms with Crippen molar-refractivity contribution in [2.45, 2.75) is 57.2 Å². The number of unbranched alkanes of at least 4 members (excludes halogenated alkanes) is 1. The van der Waals surface area contributed by atoms with Crippen molar-refractivity contribution < 1.29 is 42.8 Å². The molecule has 1 aliphatic carbocycles. The zero-order valence-electron chi connectivity index (χ0n) is 23.2. The molecule has 0 amide bonds. The molecule has 0 unspecified atom stereocenters. The van der Waals surface area contributed by atoms with Crippen LogP contribution in [0.5, 0.6) is 11.5 Å². The molecular formula is C32H38F2O7. The molecular weight excluding hydrogens is 534 g/mol. The first kappa shape index (κ1) is 32.0. The van der Waals surface area contributed by atoms with Crippen LogP contribution >= 0.6 is 0 Å². The van der Waals surface area contributed by atoms with Gasteiger partial charge in [0.25, 0.3) is 5.92 Å². The van der Waals surface area contributed by atoms with E-state index in [2.05, 4.69) is 0 Å². The summed E-state index contributed by atoms with van der Waals surface area (Å²) in [6.07, 6.45) is 6.69. The van der Waals surface area contributed by atoms with Crippen LogP contribution < -0.4 is 9.47 Å². The summed E-state index contributed by atoms with van der Waals surface area (Å²) in [7, 11) is 0. The van der Waals surface area contributed by atoms with Crippen molar-refractivity contribution in [1.29, 1.82) is 0 Å². The maximum atomic E-state index is 14.4. The molecule has 7 nitrogen and oxygen atoms in total. The summed E-state index contributed by atoms with van der Waals surface area (Å²) in [6.45, 7) is 1.30. The van der Waals surface area contributed by atoms with E-state index in [9.17, 15) is 28.6 Å². The van der Waals surface area contributed by atoms with Crippen LogP contribution in [-0.2, 0) is 9.53 Å². The minimum absolute atomic E-state index is 0.0909. The standard InChI is InChI=1S/C32H38F2O7/c1-23-13-14-24(21-35)19-30(23)39-17-18-40-31(38)12-8-3-2-7-11-26-27(29(37)20-28(26)36)15-16-32(33,34)22-41-25-9-5-4-6-10-25/h2,4-7,9-10,13-16,19,21,26-29,36-37H,3,8,11-12,17-18,20,22H2,1H3/t26-,27-,28+,29-/m1/s1. The predicted octanol–water partition coefficient (Wildman–Crippen LogP) is 5.47. The number of carbonyl (C=O) groups excluding carboxylic acids is 2. The number of halogens is 2. The highest BCUT2D eigenvalue weighted by Crippen LogP contribution is 2.37. The van der Waals surface area contributed by atoms with Gasteiger partial charge < -0.3 is 24.4 Å². The maximum absolute atomic E-state index is 14.4. The third-order valence-corrected chi connectivity index (χ3v) is 6.93. The Labute approximate surface area is 239 Å². The van der Waals surface area contributed by atoms with Gasteiger partial charge in [-0.05, 0) is 61.9 Å². The van der Waals surface area contributed by atoms with Gasteiger partial charge in [-0.25, -0.2) is 0 Å². The number of aliphatic hydroxyl groups excluding tert-OH is 2. The topological polar surface area (TPSA) is 102 Å². The molecule has 2 aromatic carbocycles. The molecule has 1 saturated carbocycles. The molecule has 0 spiro atoms. The maximum Gasteiger partial charge on any atom is 0.305 e. The predicted molar refractivity (Wildman–Crippen MR) is 150 cm³/mol. The minimum atomic E-state index is -3.23. The van der Waals surface area contributed by atoms with Crippen molar-refractivity contribution in [3.05, 3.63) is 84.0 Å². The van der Waals surface area contributed by atoms with Crippen molar-refractivity contribution in [2.24, 2.45) is 11.8 Å². The number of aliphatic hydroxyl groups is 2. The normalized spacial score (nSPS) is 20.9. The average molecular weight is 573 g/mol. The highest BCUT2D eigenvalue weighted by Gasteiger charge is 2.40. The minimum Gasteiger partial charge on any atom is -0.490 e. The molecule has 4 atom stereocenters. The smallest absolute Gasteiger partial charge is 0.305 e. The molecule has 9 heteroatoms. The van der Waals surface area contributed by atoms with Crippen molar-refractivity contribution in [2.75, 3.05) is 19.8 Å². The van der Waals surface area contributed by atoms with Gasteiger partial charge >= 0.3 is 5.97 Å². The number of rotatable bonds is 16. The van der Waals surface area contributed by atoms with E-state index in [-0.39, 0.29) is 32.0 Å². The molecule has 3 rings (SSSR count). The number of aldehydes is 1. The molecule has 0 heterocycles. The van der Waals surface area contributed by atoms with Gasteiger partial charge in [0.05, 0.1) is 12.2 Å². The lowest BCUT2D eigenvalue weighted by Crippen LogP contribution is -2.25. The van der Waals surface area contributed by atoms with Crippen LogP contribution in [0, 0.1) is 18.8 Å². The summed E-state index contributed by atoms with van der Waals surface area (Å²) in [5.41, 5.74) is 1.38. The second kappa shape index (κ2) is 16.0. The lowest BCUT2D eigenvalue weighted by molar-refractivity contribution is -0.144. The summed E-state index contributed by atoms with van der Waals surface area (Å²) in [5.74, 6) is -3.68. The van der Waals surface area contributed by atoms with Crippen LogP contribution in [0.25, 0.3) is 0 Å². The van der Waals surface area contributed by atoms with Crippen molar-refractivity contribution >= 4 is 12.3 Å². The van der Waals surface area contributed by atoms with E-state index in [1.807, 2.05) is 19.1 Å². The molecule has 0 radical (unpaired) electrons. The molecule has 0 aromatic heterocycles. The van der Waals surface area contributed by atoms with E-state index in [0.29, 0.717) is 36.3 Å². The van der Waals surface area contributed by atoms with Crippen LogP contribution in [0.4, 0.5) is 8.78 Å². The Bertz CT molecular complexity index is 1170. The molecule has 1 aliphatic rings. The molecule has 222 valence electrons. The number of hydrogen-bond acceptors (Lipinski definition) is 7. The summed E-state index contributed by atoms with van der Waals surface area (Å²) < 4.78 is 44.7. The van der Waals surface area contributed by atoms with E-state index in [0.717, 1.165) is 17.9 Å². The van der Waals surface area contributed by atoms with Crippen molar-refractivity contribution in [3.63, 3.8) is 0 Å². The second-order valence-corrected chi connectivity index (χ2v) is 10.1. The number of allylic oxidation sites excluding steroid dienone is 2. The Balaban J connectivity index is 1.35. The molecule has 41 heavy (non-hydrogen) atoms. The molecule has 0 bridgehead atoms. The fourth-order valence-electron chi connectivity index (χ4n) is 4.66. The molecule has 2 N–H and O–H groups in total. The quantitative estimate of drug-likeness (QED) is 0.119. The van der Waals surface area contributed by atoms with Gasteiger partial charge in [0.2, 0.25) is 0 Å². The Morgan fingerprint density at radius 2 is 1.83 bits per heavy atom. The van der Waals surface area contributed by atoms with Gasteiger partial charge in [-0.2, -0.15) is 8.78 Å². The second-order valence-electron chi connectivity index (χ2n) is 10.1. The summed E-state index contributed by atoms with van der Waals surface area (Å²) in [6, 6.07) is 13.5. The van der Waals surface area contributed by atoms with Gasteiger partial charge in [0.15, 0.2) is 6.61 Å². The largest absolute Gasteiger partial charge is 0.490 e. The molecule has 2 aromatic rings. The SMILES string of the molecule is Cc1ccc(C=O)cc1OCCOC(=O)CCCC=CC[C@@H]1[C@@H](C=CC(F)(F)COc2ccccc2)[C@H](O)C[C@@H]1O. The van der Waals surface area contributed by atoms with E-state index < -0.39 is 36.6 Å². The van der Waals surface area contributed by atoms with Gasteiger partial charge in [-0.3, -0.25) is 9.59 Å². The van der Waals surface area contributed by atoms with Crippen LogP contribution in [0.1, 0.15) is 48.0 Å². The van der Waals surface area contributed by atoms with Crippen molar-refractivity contribution in [1.82, 2.24) is 0 Å². The number of esters is 1. The average Bonchev–Trinajstić information content (AvgIpc) is 3.23. The highest BCUT2D eigenvalue weighted by molar-refractivity contribution is 5.75. The Morgan fingerprint density at radius 1 is 1.05 bits per heavy atom. The number of hydrogen-bond donors (Lipinski definition) is 2. The number of carbonyl (C=O) groups is 2. The number of aryl methyl sites for hydroxylation is 1. The molecule has 1 fully saturated rings. The monoisotopic (exact) mass is 572 g/mol. The van der Waals surface area contributed by atoms with Crippen LogP contribution in [0.15, 0.2) is 72.8 Å². The molecule has 0 saturated heterocycles. The third kappa shape index (κ3) is 10.7. The van der Waals surface area contributed by atoms with Crippen LogP contribution in [0.3, 0.4) is 0 Å². The summed E-state index contributed by atoms with van der Waals surface area (Å²) in [5, 5.41) is 20.7. The fraction of sp³-hybridized carbons (Fsp3) is 0.438. The first-order chi connectivity index (χ1) is 19.7. The number of benzene rings is 2. The highest BCUT2D eigenvalue weighted by atomic mass is 19.3. The number of alkyl halides is 2. The number of para-hydroxylation sites is 1.